The van der Waals surface area contributed by atoms with Crippen LogP contribution in [0.4, 0.5) is 0 Å². The van der Waals surface area contributed by atoms with Gasteiger partial charge in [0.25, 0.3) is 0 Å². The Kier molecular flexibility index (Phi) is 1.46. The lowest BCUT2D eigenvalue weighted by atomic mass is 10.0. The number of furan rings is 1. The van der Waals surface area contributed by atoms with Crippen LogP contribution in [0.15, 0.2) is 28.9 Å². The number of aliphatic carboxylic acids is 1. The number of carboxylic acid groups (broad SMARTS) is 1. The van der Waals surface area contributed by atoms with Crippen molar-refractivity contribution in [3.05, 3.63) is 30.3 Å². The van der Waals surface area contributed by atoms with Crippen LogP contribution in [0.2, 0.25) is 0 Å². The van der Waals surface area contributed by atoms with Gasteiger partial charge in [0.1, 0.15) is 16.8 Å². The van der Waals surface area contributed by atoms with E-state index in [4.69, 9.17) is 9.52 Å². The third-order valence-corrected chi connectivity index (χ3v) is 2.95. The third-order valence-electron chi connectivity index (χ3n) is 2.95. The van der Waals surface area contributed by atoms with Gasteiger partial charge in [-0.1, -0.05) is 0 Å². The molecule has 2 aromatic heterocycles. The van der Waals surface area contributed by atoms with Crippen molar-refractivity contribution in [3.63, 3.8) is 0 Å². The molecule has 1 aliphatic rings. The standard InChI is InChI=1S/C11H9NO3/c13-10(14)11(2-3-11)9-5-7-6-12-4-1-8(7)15-9/h1,4-6H,2-3H2,(H,13,14). The fraction of sp³-hybridized carbons (Fsp3) is 0.273. The second kappa shape index (κ2) is 2.59. The van der Waals surface area contributed by atoms with Crippen LogP contribution in [0.5, 0.6) is 0 Å². The number of rotatable bonds is 2. The predicted molar refractivity (Wildman–Crippen MR) is 52.6 cm³/mol. The van der Waals surface area contributed by atoms with Crippen molar-refractivity contribution < 1.29 is 14.3 Å². The average Bonchev–Trinajstić information content (AvgIpc) is 2.93. The lowest BCUT2D eigenvalue weighted by Gasteiger charge is -2.03. The zero-order valence-corrected chi connectivity index (χ0v) is 7.93. The first-order chi connectivity index (χ1) is 7.22. The van der Waals surface area contributed by atoms with Crippen LogP contribution < -0.4 is 0 Å². The maximum atomic E-state index is 11.1. The van der Waals surface area contributed by atoms with Gasteiger partial charge in [-0.05, 0) is 25.0 Å². The molecule has 0 spiro atoms. The smallest absolute Gasteiger partial charge is 0.317 e. The Labute approximate surface area is 85.5 Å². The van der Waals surface area contributed by atoms with Gasteiger partial charge in [-0.15, -0.1) is 0 Å². The number of hydrogen-bond donors (Lipinski definition) is 1. The fourth-order valence-electron chi connectivity index (χ4n) is 1.81. The van der Waals surface area contributed by atoms with E-state index in [1.807, 2.05) is 0 Å². The van der Waals surface area contributed by atoms with Crippen LogP contribution in [0.1, 0.15) is 18.6 Å². The van der Waals surface area contributed by atoms with Gasteiger partial charge in [-0.2, -0.15) is 0 Å². The maximum absolute atomic E-state index is 11.1. The minimum atomic E-state index is -0.797. The first-order valence-corrected chi connectivity index (χ1v) is 4.80. The Bertz CT molecular complexity index is 507. The van der Waals surface area contributed by atoms with Gasteiger partial charge >= 0.3 is 5.97 Å². The summed E-state index contributed by atoms with van der Waals surface area (Å²) in [7, 11) is 0. The molecule has 1 saturated carbocycles. The van der Waals surface area contributed by atoms with Crippen LogP contribution in [0.25, 0.3) is 11.0 Å². The minimum absolute atomic E-state index is 0.554. The van der Waals surface area contributed by atoms with Crippen molar-refractivity contribution in [2.24, 2.45) is 0 Å². The molecule has 2 heterocycles. The summed E-state index contributed by atoms with van der Waals surface area (Å²) >= 11 is 0. The summed E-state index contributed by atoms with van der Waals surface area (Å²) in [6, 6.07) is 3.53. The predicted octanol–water partition coefficient (Wildman–Crippen LogP) is 1.94. The number of carboxylic acids is 1. The Morgan fingerprint density at radius 3 is 2.93 bits per heavy atom. The van der Waals surface area contributed by atoms with Crippen LogP contribution in [0, 0.1) is 0 Å². The largest absolute Gasteiger partial charge is 0.480 e. The second-order valence-corrected chi connectivity index (χ2v) is 3.91. The summed E-state index contributed by atoms with van der Waals surface area (Å²) in [6.07, 6.45) is 4.64. The van der Waals surface area contributed by atoms with E-state index in [1.165, 1.54) is 0 Å². The number of carbonyl (C=O) groups is 1. The Morgan fingerprint density at radius 1 is 1.53 bits per heavy atom. The van der Waals surface area contributed by atoms with Gasteiger partial charge in [0.2, 0.25) is 0 Å². The molecular formula is C11H9NO3. The SMILES string of the molecule is O=C(O)C1(c2cc3cnccc3o2)CC1. The Balaban J connectivity index is 2.17. The van der Waals surface area contributed by atoms with Crippen molar-refractivity contribution in [1.82, 2.24) is 4.98 Å². The number of aromatic nitrogens is 1. The zero-order valence-electron chi connectivity index (χ0n) is 7.93. The molecule has 76 valence electrons. The van der Waals surface area contributed by atoms with Crippen LogP contribution in [-0.4, -0.2) is 16.1 Å². The average molecular weight is 203 g/mol. The summed E-state index contributed by atoms with van der Waals surface area (Å²) < 4.78 is 5.54. The van der Waals surface area contributed by atoms with E-state index in [0.29, 0.717) is 24.2 Å². The molecule has 0 aliphatic heterocycles. The maximum Gasteiger partial charge on any atom is 0.317 e. The van der Waals surface area contributed by atoms with Gasteiger partial charge in [-0.25, -0.2) is 0 Å². The molecule has 0 amide bonds. The topological polar surface area (TPSA) is 63.3 Å². The normalized spacial score (nSPS) is 17.9. The molecule has 2 aromatic rings. The molecule has 0 aromatic carbocycles. The van der Waals surface area contributed by atoms with Gasteiger partial charge < -0.3 is 9.52 Å². The number of nitrogens with zero attached hydrogens (tertiary/aromatic N) is 1. The van der Waals surface area contributed by atoms with E-state index in [9.17, 15) is 4.79 Å². The second-order valence-electron chi connectivity index (χ2n) is 3.91. The summed E-state index contributed by atoms with van der Waals surface area (Å²) in [6.45, 7) is 0. The fourth-order valence-corrected chi connectivity index (χ4v) is 1.81. The van der Waals surface area contributed by atoms with Crippen molar-refractivity contribution in [2.45, 2.75) is 18.3 Å². The number of pyridine rings is 1. The van der Waals surface area contributed by atoms with Crippen LogP contribution in [-0.2, 0) is 10.2 Å². The summed E-state index contributed by atoms with van der Waals surface area (Å²) in [4.78, 5) is 15.1. The molecular weight excluding hydrogens is 194 g/mol. The molecule has 0 bridgehead atoms. The van der Waals surface area contributed by atoms with Crippen LogP contribution in [0.3, 0.4) is 0 Å². The van der Waals surface area contributed by atoms with E-state index in [-0.39, 0.29) is 0 Å². The molecule has 3 rings (SSSR count). The summed E-state index contributed by atoms with van der Waals surface area (Å²) in [5, 5.41) is 9.97. The monoisotopic (exact) mass is 203 g/mol. The van der Waals surface area contributed by atoms with Crippen molar-refractivity contribution in [1.29, 1.82) is 0 Å². The molecule has 4 nitrogen and oxygen atoms in total. The lowest BCUT2D eigenvalue weighted by molar-refractivity contribution is -0.140. The third kappa shape index (κ3) is 1.08. The summed E-state index contributed by atoms with van der Waals surface area (Å²) in [5.74, 6) is -0.243. The van der Waals surface area contributed by atoms with E-state index in [0.717, 1.165) is 5.39 Å². The quantitative estimate of drug-likeness (QED) is 0.810. The molecule has 4 heteroatoms. The highest BCUT2D eigenvalue weighted by atomic mass is 16.4. The molecule has 1 fully saturated rings. The minimum Gasteiger partial charge on any atom is -0.480 e. The highest BCUT2D eigenvalue weighted by Crippen LogP contribution is 2.49. The van der Waals surface area contributed by atoms with E-state index < -0.39 is 11.4 Å². The zero-order chi connectivity index (χ0) is 10.5. The van der Waals surface area contributed by atoms with Gasteiger partial charge in [0.15, 0.2) is 0 Å². The first-order valence-electron chi connectivity index (χ1n) is 4.80. The molecule has 0 radical (unpaired) electrons. The number of hydrogen-bond acceptors (Lipinski definition) is 3. The Morgan fingerprint density at radius 2 is 2.33 bits per heavy atom. The molecule has 0 unspecified atom stereocenters. The molecule has 1 N–H and O–H groups in total. The number of fused-ring (bicyclic) bond motifs is 1. The van der Waals surface area contributed by atoms with E-state index in [1.54, 1.807) is 24.5 Å². The van der Waals surface area contributed by atoms with Crippen molar-refractivity contribution >= 4 is 16.9 Å². The van der Waals surface area contributed by atoms with E-state index >= 15 is 0 Å². The van der Waals surface area contributed by atoms with Gasteiger partial charge in [0, 0.05) is 17.8 Å². The van der Waals surface area contributed by atoms with Gasteiger partial charge in [0.05, 0.1) is 0 Å². The van der Waals surface area contributed by atoms with E-state index in [2.05, 4.69) is 4.98 Å². The van der Waals surface area contributed by atoms with Gasteiger partial charge in [-0.3, -0.25) is 9.78 Å². The molecule has 1 aliphatic carbocycles. The van der Waals surface area contributed by atoms with Crippen molar-refractivity contribution in [2.75, 3.05) is 0 Å². The Hall–Kier alpha value is -1.84. The summed E-state index contributed by atoms with van der Waals surface area (Å²) in [5.41, 5.74) is -0.0634. The molecule has 0 atom stereocenters. The first kappa shape index (κ1) is 8.47. The molecule has 15 heavy (non-hydrogen) atoms. The van der Waals surface area contributed by atoms with Crippen LogP contribution >= 0.6 is 0 Å². The highest BCUT2D eigenvalue weighted by molar-refractivity contribution is 5.86. The van der Waals surface area contributed by atoms with Crippen molar-refractivity contribution in [3.8, 4) is 0 Å². The lowest BCUT2D eigenvalue weighted by Crippen LogP contribution is -2.18. The molecule has 0 saturated heterocycles. The highest BCUT2D eigenvalue weighted by Gasteiger charge is 2.54.